The summed E-state index contributed by atoms with van der Waals surface area (Å²) in [5, 5.41) is 6.69. The second-order valence-electron chi connectivity index (χ2n) is 7.26. The van der Waals surface area contributed by atoms with Gasteiger partial charge >= 0.3 is 0 Å². The lowest BCUT2D eigenvalue weighted by Gasteiger charge is -2.35. The van der Waals surface area contributed by atoms with Gasteiger partial charge in [-0.3, -0.25) is 9.48 Å². The summed E-state index contributed by atoms with van der Waals surface area (Å²) >= 11 is 1.81. The first kappa shape index (κ1) is 18.0. The van der Waals surface area contributed by atoms with E-state index in [0.29, 0.717) is 6.54 Å². The molecule has 0 bridgehead atoms. The molecule has 0 radical (unpaired) electrons. The molecule has 2 aromatic heterocycles. The van der Waals surface area contributed by atoms with Crippen molar-refractivity contribution in [1.29, 1.82) is 0 Å². The maximum Gasteiger partial charge on any atom is 0.254 e. The van der Waals surface area contributed by atoms with E-state index in [-0.39, 0.29) is 11.9 Å². The van der Waals surface area contributed by atoms with Crippen LogP contribution in [0.5, 0.6) is 0 Å². The monoisotopic (exact) mass is 379 g/mol. The lowest BCUT2D eigenvalue weighted by atomic mass is 9.96. The minimum Gasteiger partial charge on any atom is -0.331 e. The molecule has 1 amide bonds. The number of benzene rings is 1. The smallest absolute Gasteiger partial charge is 0.254 e. The third-order valence-corrected chi connectivity index (χ3v) is 6.35. The molecule has 0 aliphatic carbocycles. The first-order chi connectivity index (χ1) is 13.1. The summed E-state index contributed by atoms with van der Waals surface area (Å²) in [5.41, 5.74) is 5.36. The van der Waals surface area contributed by atoms with Crippen molar-refractivity contribution in [2.75, 3.05) is 6.54 Å². The molecule has 4 rings (SSSR count). The van der Waals surface area contributed by atoms with Gasteiger partial charge in [-0.2, -0.15) is 5.10 Å². The molecule has 5 heteroatoms. The van der Waals surface area contributed by atoms with E-state index < -0.39 is 0 Å². The van der Waals surface area contributed by atoms with Gasteiger partial charge in [-0.25, -0.2) is 0 Å². The minimum atomic E-state index is 0.133. The van der Waals surface area contributed by atoms with Gasteiger partial charge in [0.2, 0.25) is 0 Å². The van der Waals surface area contributed by atoms with Crippen molar-refractivity contribution in [2.24, 2.45) is 0 Å². The number of hydrogen-bond acceptors (Lipinski definition) is 3. The topological polar surface area (TPSA) is 38.1 Å². The molecule has 0 saturated heterocycles. The van der Waals surface area contributed by atoms with Crippen LogP contribution in [0.4, 0.5) is 0 Å². The number of carbonyl (C=O) groups excluding carboxylic acids is 1. The molecule has 0 spiro atoms. The normalized spacial score (nSPS) is 16.4. The van der Waals surface area contributed by atoms with Crippen LogP contribution >= 0.6 is 11.3 Å². The molecule has 0 N–H and O–H groups in total. The summed E-state index contributed by atoms with van der Waals surface area (Å²) in [5.74, 6) is 0.133. The van der Waals surface area contributed by atoms with E-state index in [1.807, 2.05) is 41.1 Å². The van der Waals surface area contributed by atoms with Crippen LogP contribution in [0.3, 0.4) is 0 Å². The highest BCUT2D eigenvalue weighted by Crippen LogP contribution is 2.36. The van der Waals surface area contributed by atoms with Crippen LogP contribution in [-0.4, -0.2) is 27.1 Å². The Bertz CT molecular complexity index is 972. The van der Waals surface area contributed by atoms with Gasteiger partial charge in [0, 0.05) is 22.7 Å². The van der Waals surface area contributed by atoms with E-state index >= 15 is 0 Å². The molecule has 1 aliphatic heterocycles. The molecule has 3 heterocycles. The van der Waals surface area contributed by atoms with E-state index in [1.165, 1.54) is 10.4 Å². The number of hydrogen-bond donors (Lipinski definition) is 0. The largest absolute Gasteiger partial charge is 0.331 e. The molecule has 1 unspecified atom stereocenters. The Labute approximate surface area is 164 Å². The van der Waals surface area contributed by atoms with Crippen LogP contribution in [-0.2, 0) is 13.0 Å². The van der Waals surface area contributed by atoms with Crippen molar-refractivity contribution in [3.63, 3.8) is 0 Å². The number of fused-ring (bicyclic) bond motifs is 1. The van der Waals surface area contributed by atoms with Crippen LogP contribution in [0.1, 0.15) is 57.1 Å². The molecular weight excluding hydrogens is 354 g/mol. The molecule has 1 aliphatic rings. The molecule has 0 saturated carbocycles. The Hall–Kier alpha value is -2.40. The summed E-state index contributed by atoms with van der Waals surface area (Å²) in [7, 11) is 0. The highest BCUT2D eigenvalue weighted by Gasteiger charge is 2.30. The number of thiophene rings is 1. The minimum absolute atomic E-state index is 0.133. The average Bonchev–Trinajstić information content (AvgIpc) is 3.26. The Balaban J connectivity index is 1.58. The summed E-state index contributed by atoms with van der Waals surface area (Å²) in [6, 6.07) is 12.5. The summed E-state index contributed by atoms with van der Waals surface area (Å²) in [6.45, 7) is 7.71. The quantitative estimate of drug-likeness (QED) is 0.655. The Morgan fingerprint density at radius 1 is 1.26 bits per heavy atom. The van der Waals surface area contributed by atoms with E-state index in [9.17, 15) is 4.79 Å². The fraction of sp³-hybridized carbons (Fsp3) is 0.364. The fourth-order valence-corrected chi connectivity index (χ4v) is 4.98. The number of amides is 1. The summed E-state index contributed by atoms with van der Waals surface area (Å²) in [6.07, 6.45) is 1.90. The van der Waals surface area contributed by atoms with Crippen molar-refractivity contribution in [3.8, 4) is 0 Å². The van der Waals surface area contributed by atoms with Gasteiger partial charge in [-0.05, 0) is 67.5 Å². The first-order valence-corrected chi connectivity index (χ1v) is 10.4. The Kier molecular flexibility index (Phi) is 4.87. The zero-order valence-corrected chi connectivity index (χ0v) is 16.9. The molecule has 1 atom stereocenters. The van der Waals surface area contributed by atoms with Gasteiger partial charge in [0.15, 0.2) is 0 Å². The third kappa shape index (κ3) is 3.44. The Morgan fingerprint density at radius 2 is 2.11 bits per heavy atom. The van der Waals surface area contributed by atoms with E-state index in [4.69, 9.17) is 0 Å². The molecule has 4 nitrogen and oxygen atoms in total. The van der Waals surface area contributed by atoms with Crippen molar-refractivity contribution in [2.45, 2.75) is 46.2 Å². The van der Waals surface area contributed by atoms with Crippen LogP contribution in [0.15, 0.2) is 41.8 Å². The van der Waals surface area contributed by atoms with Crippen LogP contribution in [0.2, 0.25) is 0 Å². The molecular formula is C22H25N3OS. The molecule has 0 fully saturated rings. The SMILES string of the molecule is CCC1c2ccsc2CCN1C(=O)c1cccc(Cn2nc(C)cc2C)c1. The van der Waals surface area contributed by atoms with Crippen LogP contribution in [0, 0.1) is 13.8 Å². The standard InChI is InChI=1S/C22H25N3OS/c1-4-20-19-9-11-27-21(19)8-10-24(20)22(26)18-7-5-6-17(13-18)14-25-16(3)12-15(2)23-25/h5-7,9,11-13,20H,4,8,10,14H2,1-3H3. The number of rotatable bonds is 4. The summed E-state index contributed by atoms with van der Waals surface area (Å²) < 4.78 is 1.99. The second kappa shape index (κ2) is 7.31. The maximum absolute atomic E-state index is 13.3. The molecule has 1 aromatic carbocycles. The van der Waals surface area contributed by atoms with Gasteiger partial charge in [-0.1, -0.05) is 19.1 Å². The fourth-order valence-electron chi connectivity index (χ4n) is 4.06. The van der Waals surface area contributed by atoms with E-state index in [1.54, 1.807) is 0 Å². The van der Waals surface area contributed by atoms with E-state index in [2.05, 4.69) is 47.4 Å². The van der Waals surface area contributed by atoms with Crippen LogP contribution in [0.25, 0.3) is 0 Å². The van der Waals surface area contributed by atoms with Gasteiger partial charge in [-0.15, -0.1) is 11.3 Å². The van der Waals surface area contributed by atoms with Crippen LogP contribution < -0.4 is 0 Å². The number of carbonyl (C=O) groups is 1. The molecule has 27 heavy (non-hydrogen) atoms. The molecule has 140 valence electrons. The lowest BCUT2D eigenvalue weighted by Crippen LogP contribution is -2.39. The highest BCUT2D eigenvalue weighted by molar-refractivity contribution is 7.10. The summed E-state index contributed by atoms with van der Waals surface area (Å²) in [4.78, 5) is 16.8. The number of nitrogens with zero attached hydrogens (tertiary/aromatic N) is 3. The van der Waals surface area contributed by atoms with Gasteiger partial charge in [0.1, 0.15) is 0 Å². The molecule has 3 aromatic rings. The maximum atomic E-state index is 13.3. The number of aromatic nitrogens is 2. The third-order valence-electron chi connectivity index (χ3n) is 5.35. The van der Waals surface area contributed by atoms with Gasteiger partial charge < -0.3 is 4.90 Å². The predicted molar refractivity (Wildman–Crippen MR) is 109 cm³/mol. The van der Waals surface area contributed by atoms with Crippen molar-refractivity contribution >= 4 is 17.2 Å². The van der Waals surface area contributed by atoms with E-state index in [0.717, 1.165) is 41.9 Å². The second-order valence-corrected chi connectivity index (χ2v) is 8.26. The van der Waals surface area contributed by atoms with Crippen molar-refractivity contribution in [1.82, 2.24) is 14.7 Å². The first-order valence-electron chi connectivity index (χ1n) is 9.54. The van der Waals surface area contributed by atoms with Crippen molar-refractivity contribution < 1.29 is 4.79 Å². The predicted octanol–water partition coefficient (Wildman–Crippen LogP) is 4.76. The average molecular weight is 380 g/mol. The zero-order valence-electron chi connectivity index (χ0n) is 16.1. The highest BCUT2D eigenvalue weighted by atomic mass is 32.1. The van der Waals surface area contributed by atoms with Crippen molar-refractivity contribution in [3.05, 3.63) is 74.7 Å². The lowest BCUT2D eigenvalue weighted by molar-refractivity contribution is 0.0657. The zero-order chi connectivity index (χ0) is 19.0. The van der Waals surface area contributed by atoms with Gasteiger partial charge in [0.25, 0.3) is 5.91 Å². The Morgan fingerprint density at radius 3 is 2.85 bits per heavy atom. The number of aryl methyl sites for hydroxylation is 2. The van der Waals surface area contributed by atoms with Gasteiger partial charge in [0.05, 0.1) is 18.3 Å².